The SMILES string of the molecule is C/C=C/c1cc2c(c3ccccc3n2-c2ccccc2)c2c1sc1c(-c3ccc4c(c3)C(C)(C)c3ccccc3-4)cccc12. The van der Waals surface area contributed by atoms with Gasteiger partial charge in [0, 0.05) is 42.0 Å². The van der Waals surface area contributed by atoms with E-state index in [9.17, 15) is 0 Å². The van der Waals surface area contributed by atoms with E-state index < -0.39 is 0 Å². The van der Waals surface area contributed by atoms with E-state index in [1.807, 2.05) is 11.3 Å². The predicted molar refractivity (Wildman–Crippen MR) is 191 cm³/mol. The zero-order valence-electron chi connectivity index (χ0n) is 25.1. The summed E-state index contributed by atoms with van der Waals surface area (Å²) in [5.41, 5.74) is 13.1. The second-order valence-corrected chi connectivity index (χ2v) is 13.5. The van der Waals surface area contributed by atoms with E-state index in [2.05, 4.69) is 159 Å². The second-order valence-electron chi connectivity index (χ2n) is 12.5. The Balaban J connectivity index is 1.37. The van der Waals surface area contributed by atoms with Crippen LogP contribution in [-0.2, 0) is 5.41 Å². The van der Waals surface area contributed by atoms with Crippen LogP contribution in [0.4, 0.5) is 0 Å². The number of fused-ring (bicyclic) bond motifs is 10. The quantitative estimate of drug-likeness (QED) is 0.196. The number of allylic oxidation sites excluding steroid dienone is 1. The number of para-hydroxylation sites is 2. The summed E-state index contributed by atoms with van der Waals surface area (Å²) in [5, 5.41) is 5.32. The Labute approximate surface area is 261 Å². The van der Waals surface area contributed by atoms with Crippen LogP contribution in [0.5, 0.6) is 0 Å². The fraction of sp³-hybridized carbons (Fsp3) is 0.0952. The van der Waals surface area contributed by atoms with Crippen molar-refractivity contribution in [1.29, 1.82) is 0 Å². The molecule has 0 N–H and O–H groups in total. The van der Waals surface area contributed by atoms with Crippen molar-refractivity contribution in [2.75, 3.05) is 0 Å². The van der Waals surface area contributed by atoms with Gasteiger partial charge >= 0.3 is 0 Å². The van der Waals surface area contributed by atoms with Gasteiger partial charge in [-0.3, -0.25) is 0 Å². The molecule has 2 heterocycles. The molecule has 0 amide bonds. The molecule has 0 saturated carbocycles. The van der Waals surface area contributed by atoms with E-state index in [0.717, 1.165) is 0 Å². The molecule has 0 unspecified atom stereocenters. The highest BCUT2D eigenvalue weighted by atomic mass is 32.1. The Morgan fingerprint density at radius 2 is 1.32 bits per heavy atom. The molecule has 44 heavy (non-hydrogen) atoms. The smallest absolute Gasteiger partial charge is 0.0554 e. The minimum absolute atomic E-state index is 0.0273. The van der Waals surface area contributed by atoms with Crippen LogP contribution in [0.2, 0.25) is 0 Å². The van der Waals surface area contributed by atoms with Gasteiger partial charge in [0.05, 0.1) is 11.0 Å². The van der Waals surface area contributed by atoms with E-state index in [4.69, 9.17) is 0 Å². The standard InChI is InChI=1S/C42H31NS/c1-4-13-27-25-37-38(32-17-9-11-21-36(32)43(37)28-14-6-5-7-15-28)39-33-19-12-18-29(41(33)44-40(27)39)26-22-23-31-30-16-8-10-20-34(30)42(2,3)35(31)24-26/h4-25H,1-3H3/b13-4+. The molecule has 8 aromatic rings. The first-order valence-electron chi connectivity index (χ1n) is 15.4. The molecule has 9 rings (SSSR count). The summed E-state index contributed by atoms with van der Waals surface area (Å²) in [6.45, 7) is 6.85. The maximum atomic E-state index is 2.46. The average Bonchev–Trinajstić information content (AvgIpc) is 3.68. The van der Waals surface area contributed by atoms with Crippen molar-refractivity contribution in [3.63, 3.8) is 0 Å². The normalized spacial score (nSPS) is 13.9. The molecule has 0 fully saturated rings. The van der Waals surface area contributed by atoms with Crippen LogP contribution in [0, 0.1) is 0 Å². The van der Waals surface area contributed by atoms with Gasteiger partial charge in [0.25, 0.3) is 0 Å². The lowest BCUT2D eigenvalue weighted by Gasteiger charge is -2.22. The van der Waals surface area contributed by atoms with E-state index in [1.54, 1.807) is 0 Å². The van der Waals surface area contributed by atoms with Crippen molar-refractivity contribution in [1.82, 2.24) is 4.57 Å². The van der Waals surface area contributed by atoms with Crippen molar-refractivity contribution in [2.24, 2.45) is 0 Å². The number of rotatable bonds is 3. The summed E-state index contributed by atoms with van der Waals surface area (Å²) >= 11 is 1.94. The molecule has 1 nitrogen and oxygen atoms in total. The maximum Gasteiger partial charge on any atom is 0.0554 e. The van der Waals surface area contributed by atoms with Crippen LogP contribution < -0.4 is 0 Å². The highest BCUT2D eigenvalue weighted by molar-refractivity contribution is 7.26. The van der Waals surface area contributed by atoms with Crippen LogP contribution in [0.25, 0.3) is 76.0 Å². The summed E-state index contributed by atoms with van der Waals surface area (Å²) in [6.07, 6.45) is 4.45. The Hall–Kier alpha value is -4.92. The van der Waals surface area contributed by atoms with Crippen molar-refractivity contribution < 1.29 is 0 Å². The first kappa shape index (κ1) is 25.6. The van der Waals surface area contributed by atoms with Gasteiger partial charge in [0.1, 0.15) is 0 Å². The lowest BCUT2D eigenvalue weighted by molar-refractivity contribution is 0.660. The van der Waals surface area contributed by atoms with Gasteiger partial charge in [-0.15, -0.1) is 11.3 Å². The molecule has 0 aliphatic heterocycles. The molecule has 0 atom stereocenters. The van der Waals surface area contributed by atoms with Crippen molar-refractivity contribution in [2.45, 2.75) is 26.2 Å². The summed E-state index contributed by atoms with van der Waals surface area (Å²) < 4.78 is 5.14. The molecular formula is C42H31NS. The first-order valence-corrected chi connectivity index (χ1v) is 16.2. The van der Waals surface area contributed by atoms with Gasteiger partial charge in [-0.1, -0.05) is 117 Å². The van der Waals surface area contributed by atoms with Crippen LogP contribution in [0.3, 0.4) is 0 Å². The topological polar surface area (TPSA) is 4.93 Å². The molecule has 0 bridgehead atoms. The predicted octanol–water partition coefficient (Wildman–Crippen LogP) is 12.2. The minimum atomic E-state index is -0.0273. The third-order valence-electron chi connectivity index (χ3n) is 9.69. The highest BCUT2D eigenvalue weighted by Gasteiger charge is 2.35. The van der Waals surface area contributed by atoms with Crippen molar-refractivity contribution >= 4 is 59.4 Å². The summed E-state index contributed by atoms with van der Waals surface area (Å²) in [6, 6.07) is 45.0. The number of thiophene rings is 1. The minimum Gasteiger partial charge on any atom is -0.309 e. The molecule has 1 aliphatic carbocycles. The van der Waals surface area contributed by atoms with Gasteiger partial charge in [0.2, 0.25) is 0 Å². The van der Waals surface area contributed by atoms with Crippen molar-refractivity contribution in [3.8, 4) is 27.9 Å². The summed E-state index contributed by atoms with van der Waals surface area (Å²) in [5.74, 6) is 0. The number of hydrogen-bond donors (Lipinski definition) is 0. The Kier molecular flexibility index (Phi) is 5.40. The molecule has 0 radical (unpaired) electrons. The van der Waals surface area contributed by atoms with Crippen LogP contribution in [0.1, 0.15) is 37.5 Å². The molecule has 1 aliphatic rings. The third-order valence-corrected chi connectivity index (χ3v) is 11.0. The highest BCUT2D eigenvalue weighted by Crippen LogP contribution is 2.51. The second kappa shape index (κ2) is 9.29. The Morgan fingerprint density at radius 3 is 2.18 bits per heavy atom. The van der Waals surface area contributed by atoms with Crippen LogP contribution in [-0.4, -0.2) is 4.57 Å². The Bertz CT molecular complexity index is 2470. The third kappa shape index (κ3) is 3.40. The fourth-order valence-electron chi connectivity index (χ4n) is 7.70. The fourth-order valence-corrected chi connectivity index (χ4v) is 9.04. The van der Waals surface area contributed by atoms with E-state index in [-0.39, 0.29) is 5.41 Å². The van der Waals surface area contributed by atoms with E-state index in [1.165, 1.54) is 86.6 Å². The number of hydrogen-bond acceptors (Lipinski definition) is 1. The number of benzene rings is 6. The number of nitrogens with zero attached hydrogens (tertiary/aromatic N) is 1. The van der Waals surface area contributed by atoms with E-state index >= 15 is 0 Å². The summed E-state index contributed by atoms with van der Waals surface area (Å²) in [7, 11) is 0. The largest absolute Gasteiger partial charge is 0.309 e. The molecular weight excluding hydrogens is 551 g/mol. The molecule has 0 saturated heterocycles. The Morgan fingerprint density at radius 1 is 0.591 bits per heavy atom. The zero-order chi connectivity index (χ0) is 29.6. The van der Waals surface area contributed by atoms with Gasteiger partial charge in [-0.25, -0.2) is 0 Å². The lowest BCUT2D eigenvalue weighted by Crippen LogP contribution is -2.14. The molecule has 0 spiro atoms. The molecule has 2 aromatic heterocycles. The van der Waals surface area contributed by atoms with Gasteiger partial charge < -0.3 is 4.57 Å². The van der Waals surface area contributed by atoms with Gasteiger partial charge in [-0.2, -0.15) is 0 Å². The molecule has 210 valence electrons. The van der Waals surface area contributed by atoms with Crippen molar-refractivity contribution in [3.05, 3.63) is 144 Å². The van der Waals surface area contributed by atoms with Gasteiger partial charge in [0.15, 0.2) is 0 Å². The van der Waals surface area contributed by atoms with Crippen LogP contribution in [0.15, 0.2) is 127 Å². The summed E-state index contributed by atoms with van der Waals surface area (Å²) in [4.78, 5) is 0. The molecule has 2 heteroatoms. The lowest BCUT2D eigenvalue weighted by atomic mass is 9.81. The average molecular weight is 582 g/mol. The van der Waals surface area contributed by atoms with Gasteiger partial charge in [-0.05, 0) is 76.2 Å². The monoisotopic (exact) mass is 581 g/mol. The first-order chi connectivity index (χ1) is 21.6. The molecule has 6 aromatic carbocycles. The number of aromatic nitrogens is 1. The maximum absolute atomic E-state index is 2.46. The zero-order valence-corrected chi connectivity index (χ0v) is 25.9. The van der Waals surface area contributed by atoms with E-state index in [0.29, 0.717) is 0 Å². The van der Waals surface area contributed by atoms with Crippen LogP contribution >= 0.6 is 11.3 Å².